The number of nitrogens with zero attached hydrogens (tertiary/aromatic N) is 3. The molecule has 2 aromatic carbocycles. The Kier molecular flexibility index (Phi) is 5.57. The molecule has 11 heteroatoms. The highest BCUT2D eigenvalue weighted by atomic mass is 35.5. The minimum atomic E-state index is -0.738. The summed E-state index contributed by atoms with van der Waals surface area (Å²) < 4.78 is 5.62. The average molecular weight is 421 g/mol. The number of nitro benzene ring substituents is 2. The summed E-state index contributed by atoms with van der Waals surface area (Å²) in [6.45, 7) is 0. The predicted molar refractivity (Wildman–Crippen MR) is 105 cm³/mol. The third-order valence-corrected chi connectivity index (χ3v) is 4.14. The second-order valence-electron chi connectivity index (χ2n) is 5.41. The first kappa shape index (κ1) is 19.3. The van der Waals surface area contributed by atoms with Crippen LogP contribution in [0, 0.1) is 20.2 Å². The van der Waals surface area contributed by atoms with Gasteiger partial charge in [0.1, 0.15) is 17.2 Å². The number of benzene rings is 2. The van der Waals surface area contributed by atoms with Crippen LogP contribution in [0.5, 0.6) is 0 Å². The highest BCUT2D eigenvalue weighted by Gasteiger charge is 2.19. The minimum absolute atomic E-state index is 0.000578. The number of hydrogen-bond donors (Lipinski definition) is 1. The lowest BCUT2D eigenvalue weighted by Gasteiger charge is -2.02. The zero-order valence-corrected chi connectivity index (χ0v) is 15.3. The van der Waals surface area contributed by atoms with Crippen molar-refractivity contribution in [2.75, 3.05) is 5.43 Å². The molecule has 142 valence electrons. The van der Waals surface area contributed by atoms with Gasteiger partial charge in [-0.05, 0) is 36.4 Å². The highest BCUT2D eigenvalue weighted by Crippen LogP contribution is 2.31. The predicted octanol–water partition coefficient (Wildman–Crippen LogP) is 5.52. The summed E-state index contributed by atoms with van der Waals surface area (Å²) in [5, 5.41) is 26.6. The molecule has 9 nitrogen and oxygen atoms in total. The van der Waals surface area contributed by atoms with Crippen molar-refractivity contribution in [3.8, 4) is 11.3 Å². The fourth-order valence-electron chi connectivity index (χ4n) is 2.30. The molecule has 0 fully saturated rings. The van der Waals surface area contributed by atoms with E-state index < -0.39 is 21.2 Å². The van der Waals surface area contributed by atoms with E-state index in [1.807, 2.05) is 0 Å². The van der Waals surface area contributed by atoms with E-state index in [0.29, 0.717) is 27.1 Å². The number of rotatable bonds is 6. The number of halogens is 2. The molecule has 0 aliphatic carbocycles. The van der Waals surface area contributed by atoms with Crippen molar-refractivity contribution in [3.05, 3.63) is 84.6 Å². The van der Waals surface area contributed by atoms with Crippen molar-refractivity contribution in [3.63, 3.8) is 0 Å². The summed E-state index contributed by atoms with van der Waals surface area (Å²) in [7, 11) is 0. The van der Waals surface area contributed by atoms with Gasteiger partial charge in [-0.3, -0.25) is 25.7 Å². The summed E-state index contributed by atoms with van der Waals surface area (Å²) in [5.41, 5.74) is 2.26. The van der Waals surface area contributed by atoms with Gasteiger partial charge in [-0.2, -0.15) is 5.10 Å². The fourth-order valence-corrected chi connectivity index (χ4v) is 2.80. The van der Waals surface area contributed by atoms with E-state index in [4.69, 9.17) is 27.6 Å². The number of nitro groups is 2. The Morgan fingerprint density at radius 2 is 1.79 bits per heavy atom. The molecule has 0 spiro atoms. The van der Waals surface area contributed by atoms with Crippen LogP contribution in [-0.4, -0.2) is 16.1 Å². The molecule has 0 amide bonds. The summed E-state index contributed by atoms with van der Waals surface area (Å²) in [4.78, 5) is 20.4. The molecule has 0 aliphatic rings. The second-order valence-corrected chi connectivity index (χ2v) is 6.26. The molecule has 0 aliphatic heterocycles. The van der Waals surface area contributed by atoms with Crippen LogP contribution in [-0.2, 0) is 0 Å². The Morgan fingerprint density at radius 1 is 1.00 bits per heavy atom. The van der Waals surface area contributed by atoms with E-state index >= 15 is 0 Å². The molecule has 0 saturated carbocycles. The van der Waals surface area contributed by atoms with Crippen molar-refractivity contribution in [1.29, 1.82) is 0 Å². The molecule has 0 saturated heterocycles. The lowest BCUT2D eigenvalue weighted by molar-refractivity contribution is -0.393. The number of nitrogens with one attached hydrogen (secondary N) is 1. The van der Waals surface area contributed by atoms with Crippen LogP contribution in [0.1, 0.15) is 5.76 Å². The van der Waals surface area contributed by atoms with Crippen molar-refractivity contribution < 1.29 is 14.3 Å². The maximum absolute atomic E-state index is 11.1. The highest BCUT2D eigenvalue weighted by molar-refractivity contribution is 6.36. The minimum Gasteiger partial charge on any atom is -0.455 e. The van der Waals surface area contributed by atoms with E-state index in [2.05, 4.69) is 10.5 Å². The number of hydrazone groups is 1. The van der Waals surface area contributed by atoms with Crippen LogP contribution in [0.4, 0.5) is 17.1 Å². The van der Waals surface area contributed by atoms with Gasteiger partial charge in [0, 0.05) is 16.7 Å². The summed E-state index contributed by atoms with van der Waals surface area (Å²) in [6.07, 6.45) is 1.30. The lowest BCUT2D eigenvalue weighted by Crippen LogP contribution is -1.98. The van der Waals surface area contributed by atoms with Crippen molar-refractivity contribution in [1.82, 2.24) is 0 Å². The lowest BCUT2D eigenvalue weighted by atomic mass is 10.2. The van der Waals surface area contributed by atoms with Gasteiger partial charge in [0.2, 0.25) is 0 Å². The Bertz CT molecular complexity index is 1100. The summed E-state index contributed by atoms with van der Waals surface area (Å²) >= 11 is 12.0. The summed E-state index contributed by atoms with van der Waals surface area (Å²) in [5.74, 6) is 0.850. The van der Waals surface area contributed by atoms with Crippen LogP contribution in [0.15, 0.2) is 58.0 Å². The first-order valence-corrected chi connectivity index (χ1v) is 8.38. The normalized spacial score (nSPS) is 10.9. The van der Waals surface area contributed by atoms with Gasteiger partial charge in [0.25, 0.3) is 5.69 Å². The molecule has 0 atom stereocenters. The Morgan fingerprint density at radius 3 is 2.46 bits per heavy atom. The molecule has 1 heterocycles. The standard InChI is InChI=1S/C17H10Cl2N4O5/c18-10-1-4-13(14(19)7-10)17-6-3-12(28-17)9-20-21-15-5-2-11(22(24)25)8-16(15)23(26)27/h1-9,21H/b20-9+. The quantitative estimate of drug-likeness (QED) is 0.318. The molecule has 1 aromatic heterocycles. The maximum atomic E-state index is 11.1. The molecule has 0 bridgehead atoms. The molecule has 3 rings (SSSR count). The van der Waals surface area contributed by atoms with E-state index in [-0.39, 0.29) is 5.69 Å². The van der Waals surface area contributed by atoms with E-state index in [1.54, 1.807) is 30.3 Å². The first-order valence-electron chi connectivity index (χ1n) is 7.62. The Balaban J connectivity index is 1.78. The molecule has 28 heavy (non-hydrogen) atoms. The van der Waals surface area contributed by atoms with Gasteiger partial charge in [-0.1, -0.05) is 23.2 Å². The van der Waals surface area contributed by atoms with E-state index in [0.717, 1.165) is 12.1 Å². The van der Waals surface area contributed by atoms with Gasteiger partial charge in [0.05, 0.1) is 27.2 Å². The van der Waals surface area contributed by atoms with Crippen molar-refractivity contribution >= 4 is 46.5 Å². The largest absolute Gasteiger partial charge is 0.455 e. The topological polar surface area (TPSA) is 124 Å². The molecule has 0 unspecified atom stereocenters. The summed E-state index contributed by atoms with van der Waals surface area (Å²) in [6, 6.07) is 11.5. The van der Waals surface area contributed by atoms with Gasteiger partial charge in [0.15, 0.2) is 0 Å². The van der Waals surface area contributed by atoms with Crippen LogP contribution < -0.4 is 5.43 Å². The van der Waals surface area contributed by atoms with Gasteiger partial charge < -0.3 is 4.42 Å². The number of anilines is 1. The van der Waals surface area contributed by atoms with Crippen molar-refractivity contribution in [2.45, 2.75) is 0 Å². The molecule has 1 N–H and O–H groups in total. The Labute approximate surface area is 167 Å². The van der Waals surface area contributed by atoms with E-state index in [1.165, 1.54) is 12.3 Å². The SMILES string of the molecule is O=[N+]([O-])c1ccc(N/N=C/c2ccc(-c3ccc(Cl)cc3Cl)o2)c([N+](=O)[O-])c1. The van der Waals surface area contributed by atoms with Gasteiger partial charge in [-0.15, -0.1) is 0 Å². The third kappa shape index (κ3) is 4.27. The van der Waals surface area contributed by atoms with Crippen LogP contribution in [0.3, 0.4) is 0 Å². The molecular formula is C17H10Cl2N4O5. The van der Waals surface area contributed by atoms with Crippen LogP contribution in [0.25, 0.3) is 11.3 Å². The molecular weight excluding hydrogens is 411 g/mol. The number of non-ortho nitro benzene ring substituents is 1. The van der Waals surface area contributed by atoms with Crippen molar-refractivity contribution in [2.24, 2.45) is 5.10 Å². The maximum Gasteiger partial charge on any atom is 0.301 e. The van der Waals surface area contributed by atoms with E-state index in [9.17, 15) is 20.2 Å². The smallest absolute Gasteiger partial charge is 0.301 e. The van der Waals surface area contributed by atoms with Crippen LogP contribution >= 0.6 is 23.2 Å². The number of hydrogen-bond acceptors (Lipinski definition) is 7. The average Bonchev–Trinajstić information content (AvgIpc) is 3.10. The monoisotopic (exact) mass is 420 g/mol. The Hall–Kier alpha value is -3.43. The third-order valence-electron chi connectivity index (χ3n) is 3.59. The molecule has 0 radical (unpaired) electrons. The fraction of sp³-hybridized carbons (Fsp3) is 0. The number of furan rings is 1. The zero-order chi connectivity index (χ0) is 20.3. The van der Waals surface area contributed by atoms with Gasteiger partial charge >= 0.3 is 5.69 Å². The second kappa shape index (κ2) is 8.07. The zero-order valence-electron chi connectivity index (χ0n) is 13.8. The van der Waals surface area contributed by atoms with Crippen LogP contribution in [0.2, 0.25) is 10.0 Å². The van der Waals surface area contributed by atoms with Gasteiger partial charge in [-0.25, -0.2) is 0 Å². The molecule has 3 aromatic rings. The first-order chi connectivity index (χ1) is 13.3.